The van der Waals surface area contributed by atoms with Gasteiger partial charge in [0.05, 0.1) is 11.5 Å². The molecule has 0 aliphatic rings. The number of benzene rings is 1. The number of hydrogen-bond acceptors (Lipinski definition) is 4. The molecule has 6 nitrogen and oxygen atoms in total. The number of imidazole rings is 1. The highest BCUT2D eigenvalue weighted by Crippen LogP contribution is 2.19. The van der Waals surface area contributed by atoms with E-state index in [9.17, 15) is 10.1 Å². The van der Waals surface area contributed by atoms with Crippen LogP contribution < -0.4 is 0 Å². The molecule has 1 aromatic carbocycles. The number of pyridine rings is 1. The number of aromatic nitrogens is 3. The van der Waals surface area contributed by atoms with Gasteiger partial charge in [0, 0.05) is 24.8 Å². The molecular weight excluding hydrogens is 292 g/mol. The molecule has 0 spiro atoms. The first-order chi connectivity index (χ1) is 11.2. The summed E-state index contributed by atoms with van der Waals surface area (Å²) < 4.78 is 2.10. The Morgan fingerprint density at radius 3 is 2.70 bits per heavy atom. The Labute approximate surface area is 134 Å². The molecule has 0 bridgehead atoms. The van der Waals surface area contributed by atoms with Gasteiger partial charge in [0.25, 0.3) is 5.69 Å². The largest absolute Gasteiger partial charge is 0.308 e. The Hall–Kier alpha value is -2.76. The van der Waals surface area contributed by atoms with Crippen LogP contribution in [0.5, 0.6) is 0 Å². The Morgan fingerprint density at radius 2 is 2.00 bits per heavy atom. The Bertz CT molecular complexity index is 824. The van der Waals surface area contributed by atoms with Gasteiger partial charge in [-0.3, -0.25) is 10.1 Å². The van der Waals surface area contributed by atoms with E-state index in [1.165, 1.54) is 12.1 Å². The van der Waals surface area contributed by atoms with E-state index in [1.54, 1.807) is 18.3 Å². The molecule has 2 aromatic heterocycles. The number of hydrogen-bond donors (Lipinski definition) is 0. The predicted molar refractivity (Wildman–Crippen MR) is 88.3 cm³/mol. The summed E-state index contributed by atoms with van der Waals surface area (Å²) in [6.07, 6.45) is 4.84. The summed E-state index contributed by atoms with van der Waals surface area (Å²) in [5.74, 6) is 1.01. The van der Waals surface area contributed by atoms with Gasteiger partial charge in [-0.2, -0.15) is 0 Å². The first kappa shape index (κ1) is 15.1. The summed E-state index contributed by atoms with van der Waals surface area (Å²) in [7, 11) is 0. The number of nitro groups is 1. The zero-order valence-corrected chi connectivity index (χ0v) is 13.0. The fraction of sp³-hybridized carbons (Fsp3) is 0.294. The Kier molecular flexibility index (Phi) is 4.32. The van der Waals surface area contributed by atoms with E-state index in [0.29, 0.717) is 6.54 Å². The van der Waals surface area contributed by atoms with E-state index in [-0.39, 0.29) is 10.6 Å². The maximum atomic E-state index is 10.8. The molecule has 0 N–H and O–H groups in total. The molecule has 118 valence electrons. The average molecular weight is 310 g/mol. The van der Waals surface area contributed by atoms with Gasteiger partial charge in [0.2, 0.25) is 0 Å². The highest BCUT2D eigenvalue weighted by molar-refractivity contribution is 5.71. The smallest absolute Gasteiger partial charge is 0.269 e. The third kappa shape index (κ3) is 3.21. The predicted octanol–water partition coefficient (Wildman–Crippen LogP) is 3.73. The van der Waals surface area contributed by atoms with E-state index < -0.39 is 0 Å². The second-order valence-electron chi connectivity index (χ2n) is 5.49. The van der Waals surface area contributed by atoms with Crippen LogP contribution >= 0.6 is 0 Å². The monoisotopic (exact) mass is 310 g/mol. The summed E-state index contributed by atoms with van der Waals surface area (Å²) >= 11 is 0. The Morgan fingerprint density at radius 1 is 1.22 bits per heavy atom. The van der Waals surface area contributed by atoms with Gasteiger partial charge < -0.3 is 4.57 Å². The lowest BCUT2D eigenvalue weighted by atomic mass is 10.2. The van der Waals surface area contributed by atoms with Crippen molar-refractivity contribution in [2.75, 3.05) is 0 Å². The highest BCUT2D eigenvalue weighted by atomic mass is 16.6. The zero-order chi connectivity index (χ0) is 16.2. The van der Waals surface area contributed by atoms with Crippen LogP contribution in [-0.2, 0) is 13.0 Å². The lowest BCUT2D eigenvalue weighted by molar-refractivity contribution is -0.384. The quantitative estimate of drug-likeness (QED) is 0.513. The maximum Gasteiger partial charge on any atom is 0.269 e. The number of nitro benzene ring substituents is 1. The van der Waals surface area contributed by atoms with Crippen molar-refractivity contribution in [1.29, 1.82) is 0 Å². The van der Waals surface area contributed by atoms with E-state index in [2.05, 4.69) is 21.5 Å². The van der Waals surface area contributed by atoms with Crippen molar-refractivity contribution >= 4 is 16.9 Å². The fourth-order valence-electron chi connectivity index (χ4n) is 2.60. The maximum absolute atomic E-state index is 10.8. The van der Waals surface area contributed by atoms with Crippen molar-refractivity contribution in [2.24, 2.45) is 0 Å². The fourth-order valence-corrected chi connectivity index (χ4v) is 2.60. The van der Waals surface area contributed by atoms with Gasteiger partial charge in [-0.25, -0.2) is 9.97 Å². The molecule has 0 unspecified atom stereocenters. The minimum Gasteiger partial charge on any atom is -0.308 e. The SMILES string of the molecule is CCCCc1nc2cccnc2n1Cc1ccc([N+](=O)[O-])cc1. The molecule has 0 radical (unpaired) electrons. The van der Waals surface area contributed by atoms with Gasteiger partial charge >= 0.3 is 0 Å². The van der Waals surface area contributed by atoms with Crippen LogP contribution in [0, 0.1) is 10.1 Å². The molecule has 0 amide bonds. The summed E-state index contributed by atoms with van der Waals surface area (Å²) in [4.78, 5) is 19.5. The minimum absolute atomic E-state index is 0.105. The average Bonchev–Trinajstić information content (AvgIpc) is 2.91. The van der Waals surface area contributed by atoms with Crippen molar-refractivity contribution in [3.63, 3.8) is 0 Å². The molecular formula is C17H18N4O2. The molecule has 23 heavy (non-hydrogen) atoms. The molecule has 0 aliphatic heterocycles. The summed E-state index contributed by atoms with van der Waals surface area (Å²) in [6, 6.07) is 10.5. The topological polar surface area (TPSA) is 73.8 Å². The van der Waals surface area contributed by atoms with Crippen LogP contribution in [0.1, 0.15) is 31.2 Å². The molecule has 2 heterocycles. The van der Waals surface area contributed by atoms with Gasteiger partial charge in [0.15, 0.2) is 5.65 Å². The lowest BCUT2D eigenvalue weighted by Crippen LogP contribution is -2.06. The van der Waals surface area contributed by atoms with Gasteiger partial charge in [-0.1, -0.05) is 25.5 Å². The second kappa shape index (κ2) is 6.56. The summed E-state index contributed by atoms with van der Waals surface area (Å²) in [5, 5.41) is 10.8. The van der Waals surface area contributed by atoms with Crippen LogP contribution in [0.2, 0.25) is 0 Å². The van der Waals surface area contributed by atoms with Crippen molar-refractivity contribution in [2.45, 2.75) is 32.7 Å². The van der Waals surface area contributed by atoms with Gasteiger partial charge in [-0.05, 0) is 24.1 Å². The van der Waals surface area contributed by atoms with E-state index in [1.807, 2.05) is 12.1 Å². The van der Waals surface area contributed by atoms with Crippen molar-refractivity contribution in [3.8, 4) is 0 Å². The van der Waals surface area contributed by atoms with Crippen LogP contribution in [0.3, 0.4) is 0 Å². The molecule has 3 aromatic rings. The molecule has 0 saturated carbocycles. The summed E-state index contributed by atoms with van der Waals surface area (Å²) in [5.41, 5.74) is 2.85. The number of unbranched alkanes of at least 4 members (excludes halogenated alkanes) is 1. The third-order valence-corrected chi connectivity index (χ3v) is 3.82. The Balaban J connectivity index is 1.95. The van der Waals surface area contributed by atoms with Gasteiger partial charge in [0.1, 0.15) is 11.3 Å². The zero-order valence-electron chi connectivity index (χ0n) is 13.0. The summed E-state index contributed by atoms with van der Waals surface area (Å²) in [6.45, 7) is 2.77. The van der Waals surface area contributed by atoms with Crippen molar-refractivity contribution in [3.05, 3.63) is 64.1 Å². The van der Waals surface area contributed by atoms with Crippen LogP contribution in [0.25, 0.3) is 11.2 Å². The lowest BCUT2D eigenvalue weighted by Gasteiger charge is -2.08. The van der Waals surface area contributed by atoms with Gasteiger partial charge in [-0.15, -0.1) is 0 Å². The second-order valence-corrected chi connectivity index (χ2v) is 5.49. The van der Waals surface area contributed by atoms with Crippen molar-refractivity contribution in [1.82, 2.24) is 14.5 Å². The van der Waals surface area contributed by atoms with Crippen LogP contribution in [0.4, 0.5) is 5.69 Å². The van der Waals surface area contributed by atoms with Crippen molar-refractivity contribution < 1.29 is 4.92 Å². The number of non-ortho nitro benzene ring substituents is 1. The molecule has 0 aliphatic carbocycles. The number of rotatable bonds is 6. The number of nitrogens with zero attached hydrogens (tertiary/aromatic N) is 4. The highest BCUT2D eigenvalue weighted by Gasteiger charge is 2.12. The van der Waals surface area contributed by atoms with Crippen LogP contribution in [0.15, 0.2) is 42.6 Å². The first-order valence-corrected chi connectivity index (χ1v) is 7.72. The normalized spacial score (nSPS) is 11.0. The standard InChI is InChI=1S/C17H18N4O2/c1-2-3-6-16-19-15-5-4-11-18-17(15)20(16)12-13-7-9-14(10-8-13)21(22)23/h4-5,7-11H,2-3,6,12H2,1H3. The minimum atomic E-state index is -0.384. The molecule has 0 atom stereocenters. The molecule has 0 saturated heterocycles. The number of aryl methyl sites for hydroxylation is 1. The molecule has 3 rings (SSSR count). The first-order valence-electron chi connectivity index (χ1n) is 7.72. The third-order valence-electron chi connectivity index (χ3n) is 3.82. The molecule has 0 fully saturated rings. The van der Waals surface area contributed by atoms with Crippen LogP contribution in [-0.4, -0.2) is 19.5 Å². The van der Waals surface area contributed by atoms with E-state index >= 15 is 0 Å². The molecule has 6 heteroatoms. The van der Waals surface area contributed by atoms with E-state index in [4.69, 9.17) is 0 Å². The number of fused-ring (bicyclic) bond motifs is 1. The van der Waals surface area contributed by atoms with E-state index in [0.717, 1.165) is 41.8 Å².